The van der Waals surface area contributed by atoms with Gasteiger partial charge in [-0.15, -0.1) is 0 Å². The van der Waals surface area contributed by atoms with Gasteiger partial charge in [-0.05, 0) is 55.3 Å². The zero-order chi connectivity index (χ0) is 17.1. The van der Waals surface area contributed by atoms with Crippen LogP contribution in [0.15, 0.2) is 11.8 Å². The van der Waals surface area contributed by atoms with Gasteiger partial charge in [0.25, 0.3) is 0 Å². The number of esters is 1. The Kier molecular flexibility index (Phi) is 3.59. The molecule has 1 aliphatic heterocycles. The van der Waals surface area contributed by atoms with Gasteiger partial charge >= 0.3 is 5.97 Å². The predicted octanol–water partition coefficient (Wildman–Crippen LogP) is 3.07. The molecule has 0 aromatic heterocycles. The van der Waals surface area contributed by atoms with Gasteiger partial charge in [0.1, 0.15) is 0 Å². The third kappa shape index (κ3) is 2.04. The highest BCUT2D eigenvalue weighted by molar-refractivity contribution is 5.91. The summed E-state index contributed by atoms with van der Waals surface area (Å²) in [6.07, 6.45) is 7.87. The Morgan fingerprint density at radius 2 is 2.00 bits per heavy atom. The Bertz CT molecular complexity index is 612. The summed E-state index contributed by atoms with van der Waals surface area (Å²) in [6.45, 7) is 5.62. The first-order valence-electron chi connectivity index (χ1n) is 9.47. The van der Waals surface area contributed by atoms with Crippen LogP contribution < -0.4 is 5.32 Å². The van der Waals surface area contributed by atoms with Crippen LogP contribution in [-0.2, 0) is 14.3 Å². The van der Waals surface area contributed by atoms with Gasteiger partial charge in [0.05, 0.1) is 13.0 Å². The first kappa shape index (κ1) is 16.2. The van der Waals surface area contributed by atoms with E-state index in [1.54, 1.807) is 0 Å². The van der Waals surface area contributed by atoms with Gasteiger partial charge in [0, 0.05) is 30.2 Å². The van der Waals surface area contributed by atoms with Crippen molar-refractivity contribution in [3.63, 3.8) is 0 Å². The van der Waals surface area contributed by atoms with Crippen LogP contribution >= 0.6 is 0 Å². The molecule has 0 unspecified atom stereocenters. The zero-order valence-electron chi connectivity index (χ0n) is 15.1. The molecule has 4 nitrogen and oxygen atoms in total. The fourth-order valence-electron chi connectivity index (χ4n) is 6.67. The number of hydrogen-bond donors (Lipinski definition) is 1. The molecule has 0 aromatic rings. The van der Waals surface area contributed by atoms with Gasteiger partial charge in [0.15, 0.2) is 5.78 Å². The quantitative estimate of drug-likeness (QED) is 0.750. The molecule has 1 heterocycles. The third-order valence-electron chi connectivity index (χ3n) is 8.08. The van der Waals surface area contributed by atoms with Gasteiger partial charge in [-0.3, -0.25) is 9.59 Å². The van der Waals surface area contributed by atoms with Crippen molar-refractivity contribution in [1.82, 2.24) is 5.32 Å². The minimum atomic E-state index is -0.0164. The smallest absolute Gasteiger partial charge is 0.309 e. The number of allylic oxidation sites excluding steroid dienone is 2. The van der Waals surface area contributed by atoms with Crippen LogP contribution in [0.25, 0.3) is 0 Å². The van der Waals surface area contributed by atoms with E-state index in [0.717, 1.165) is 38.6 Å². The molecule has 0 bridgehead atoms. The average molecular weight is 331 g/mol. The minimum absolute atomic E-state index is 0.0164. The zero-order valence-corrected chi connectivity index (χ0v) is 15.1. The summed E-state index contributed by atoms with van der Waals surface area (Å²) >= 11 is 0. The van der Waals surface area contributed by atoms with Crippen LogP contribution in [0.4, 0.5) is 0 Å². The topological polar surface area (TPSA) is 55.4 Å². The second-order valence-electron chi connectivity index (χ2n) is 8.90. The molecular formula is C20H29NO3. The van der Waals surface area contributed by atoms with Crippen molar-refractivity contribution in [2.24, 2.45) is 34.5 Å². The standard InChI is InChI=1S/C20H29NO3/c1-19-9-7-15-13(14(19)4-5-16(19)18(23)24-3)11-21-17-10-12(22)6-8-20(15,17)2/h10,13-16,21H,4-9,11H2,1-3H3/t13-,14-,15-,16+,19-,20+/m0/s1. The van der Waals surface area contributed by atoms with E-state index in [1.807, 2.05) is 6.08 Å². The Balaban J connectivity index is 1.65. The van der Waals surface area contributed by atoms with Crippen LogP contribution in [0.1, 0.15) is 52.4 Å². The van der Waals surface area contributed by atoms with E-state index in [1.165, 1.54) is 12.8 Å². The normalized spacial score (nSPS) is 47.0. The highest BCUT2D eigenvalue weighted by Gasteiger charge is 2.60. The average Bonchev–Trinajstić information content (AvgIpc) is 2.92. The minimum Gasteiger partial charge on any atom is -0.469 e. The lowest BCUT2D eigenvalue weighted by Crippen LogP contribution is -2.57. The number of fused-ring (bicyclic) bond motifs is 5. The molecule has 0 aromatic carbocycles. The van der Waals surface area contributed by atoms with Crippen LogP contribution in [-0.4, -0.2) is 25.4 Å². The maximum atomic E-state index is 12.3. The number of ketones is 1. The van der Waals surface area contributed by atoms with Crippen LogP contribution in [0.5, 0.6) is 0 Å². The van der Waals surface area contributed by atoms with Crippen molar-refractivity contribution in [2.75, 3.05) is 13.7 Å². The van der Waals surface area contributed by atoms with E-state index >= 15 is 0 Å². The summed E-state index contributed by atoms with van der Waals surface area (Å²) in [6, 6.07) is 0. The Morgan fingerprint density at radius 3 is 2.75 bits per heavy atom. The first-order chi connectivity index (χ1) is 11.4. The maximum Gasteiger partial charge on any atom is 0.309 e. The largest absolute Gasteiger partial charge is 0.469 e. The summed E-state index contributed by atoms with van der Waals surface area (Å²) in [5, 5.41) is 3.60. The number of methoxy groups -OCH3 is 1. The van der Waals surface area contributed by atoms with Crippen LogP contribution in [0.3, 0.4) is 0 Å². The molecular weight excluding hydrogens is 302 g/mol. The summed E-state index contributed by atoms with van der Waals surface area (Å²) in [7, 11) is 1.52. The highest BCUT2D eigenvalue weighted by atomic mass is 16.5. The molecule has 6 atom stereocenters. The van der Waals surface area contributed by atoms with E-state index < -0.39 is 0 Å². The maximum absolute atomic E-state index is 12.3. The second kappa shape index (κ2) is 5.34. The van der Waals surface area contributed by atoms with Crippen LogP contribution in [0.2, 0.25) is 0 Å². The number of carbonyl (C=O) groups excluding carboxylic acids is 2. The number of carbonyl (C=O) groups is 2. The van der Waals surface area contributed by atoms with Crippen molar-refractivity contribution in [3.05, 3.63) is 11.8 Å². The number of piperidine rings is 1. The van der Waals surface area contributed by atoms with Gasteiger partial charge in [-0.2, -0.15) is 0 Å². The fourth-order valence-corrected chi connectivity index (χ4v) is 6.67. The highest BCUT2D eigenvalue weighted by Crippen LogP contribution is 2.64. The Labute approximate surface area is 144 Å². The predicted molar refractivity (Wildman–Crippen MR) is 91.0 cm³/mol. The summed E-state index contributed by atoms with van der Waals surface area (Å²) < 4.78 is 5.10. The number of hydrogen-bond acceptors (Lipinski definition) is 4. The van der Waals surface area contributed by atoms with Crippen molar-refractivity contribution >= 4 is 11.8 Å². The molecule has 4 aliphatic rings. The van der Waals surface area contributed by atoms with Crippen LogP contribution in [0, 0.1) is 34.5 Å². The van der Waals surface area contributed by atoms with Gasteiger partial charge in [-0.1, -0.05) is 13.8 Å². The summed E-state index contributed by atoms with van der Waals surface area (Å²) in [5.74, 6) is 2.13. The molecule has 4 heteroatoms. The number of nitrogens with one attached hydrogen (secondary N) is 1. The molecule has 3 fully saturated rings. The molecule has 3 aliphatic carbocycles. The molecule has 24 heavy (non-hydrogen) atoms. The van der Waals surface area contributed by atoms with Crippen molar-refractivity contribution in [1.29, 1.82) is 0 Å². The lowest BCUT2D eigenvalue weighted by atomic mass is 9.50. The van der Waals surface area contributed by atoms with Gasteiger partial charge < -0.3 is 10.1 Å². The van der Waals surface area contributed by atoms with E-state index in [9.17, 15) is 9.59 Å². The molecule has 4 rings (SSSR count). The molecule has 0 spiro atoms. The number of ether oxygens (including phenoxy) is 1. The first-order valence-corrected chi connectivity index (χ1v) is 9.47. The van der Waals surface area contributed by atoms with Crippen molar-refractivity contribution in [2.45, 2.75) is 52.4 Å². The fraction of sp³-hybridized carbons (Fsp3) is 0.800. The van der Waals surface area contributed by atoms with Gasteiger partial charge in [0.2, 0.25) is 0 Å². The molecule has 1 N–H and O–H groups in total. The molecule has 0 amide bonds. The SMILES string of the molecule is COC(=O)[C@H]1CC[C@H]2[C@@H]3CNC4=CC(=O)CC[C@]4(C)[C@H]3CC[C@]12C. The molecule has 132 valence electrons. The second-order valence-corrected chi connectivity index (χ2v) is 8.90. The summed E-state index contributed by atoms with van der Waals surface area (Å²) in [5.41, 5.74) is 1.37. The lowest BCUT2D eigenvalue weighted by Gasteiger charge is -2.57. The lowest BCUT2D eigenvalue weighted by molar-refractivity contribution is -0.152. The molecule has 2 saturated carbocycles. The van der Waals surface area contributed by atoms with Crippen molar-refractivity contribution in [3.8, 4) is 0 Å². The molecule has 1 saturated heterocycles. The molecule has 0 radical (unpaired) electrons. The Morgan fingerprint density at radius 1 is 1.21 bits per heavy atom. The summed E-state index contributed by atoms with van der Waals surface area (Å²) in [4.78, 5) is 24.1. The monoisotopic (exact) mass is 331 g/mol. The van der Waals surface area contributed by atoms with E-state index in [0.29, 0.717) is 24.2 Å². The van der Waals surface area contributed by atoms with E-state index in [4.69, 9.17) is 4.74 Å². The third-order valence-corrected chi connectivity index (χ3v) is 8.08. The van der Waals surface area contributed by atoms with Gasteiger partial charge in [-0.25, -0.2) is 0 Å². The van der Waals surface area contributed by atoms with Crippen molar-refractivity contribution < 1.29 is 14.3 Å². The Hall–Kier alpha value is -1.32. The van der Waals surface area contributed by atoms with E-state index in [-0.39, 0.29) is 28.5 Å². The van der Waals surface area contributed by atoms with E-state index in [2.05, 4.69) is 19.2 Å². The number of rotatable bonds is 1.